The minimum Gasteiger partial charge on any atom is -0.459 e. The molecule has 12 heteroatoms. The molecule has 0 saturated heterocycles. The van der Waals surface area contributed by atoms with E-state index in [-0.39, 0.29) is 29.9 Å². The second-order valence-electron chi connectivity index (χ2n) is 6.04. The van der Waals surface area contributed by atoms with Crippen molar-refractivity contribution < 1.29 is 14.0 Å². The Labute approximate surface area is 193 Å². The minimum atomic E-state index is -0.354. The first-order valence-electron chi connectivity index (χ1n) is 8.94. The summed E-state index contributed by atoms with van der Waals surface area (Å²) in [5.74, 6) is 0.311. The summed E-state index contributed by atoms with van der Waals surface area (Å²) in [5, 5.41) is 16.8. The molecule has 3 aromatic heterocycles. The maximum absolute atomic E-state index is 12.2. The zero-order valence-corrected chi connectivity index (χ0v) is 19.0. The second-order valence-corrected chi connectivity index (χ2v) is 8.80. The van der Waals surface area contributed by atoms with Gasteiger partial charge in [-0.1, -0.05) is 27.7 Å². The van der Waals surface area contributed by atoms with Crippen LogP contribution in [0.4, 0.5) is 5.13 Å². The van der Waals surface area contributed by atoms with Crippen LogP contribution in [-0.4, -0.2) is 37.3 Å². The zero-order valence-electron chi connectivity index (χ0n) is 15.8. The molecule has 4 aromatic rings. The fraction of sp³-hybridized carbons (Fsp3) is 0.105. The lowest BCUT2D eigenvalue weighted by molar-refractivity contribution is -0.113. The van der Waals surface area contributed by atoms with Crippen molar-refractivity contribution in [3.63, 3.8) is 0 Å². The van der Waals surface area contributed by atoms with E-state index in [0.29, 0.717) is 16.1 Å². The Hall–Kier alpha value is -2.96. The number of halogens is 1. The second kappa shape index (κ2) is 9.90. The van der Waals surface area contributed by atoms with Crippen molar-refractivity contribution >= 4 is 56.0 Å². The van der Waals surface area contributed by atoms with E-state index < -0.39 is 0 Å². The largest absolute Gasteiger partial charge is 0.459 e. The summed E-state index contributed by atoms with van der Waals surface area (Å²) < 4.78 is 7.84. The van der Waals surface area contributed by atoms with Gasteiger partial charge in [-0.05, 0) is 36.4 Å². The topological polar surface area (TPSA) is 115 Å². The van der Waals surface area contributed by atoms with E-state index in [0.717, 1.165) is 10.2 Å². The summed E-state index contributed by atoms with van der Waals surface area (Å²) in [4.78, 5) is 28.5. The monoisotopic (exact) mass is 518 g/mol. The Morgan fingerprint density at radius 1 is 1.19 bits per heavy atom. The Kier molecular flexibility index (Phi) is 6.79. The number of hydrogen-bond donors (Lipinski definition) is 2. The molecule has 158 valence electrons. The number of amides is 2. The average molecular weight is 519 g/mol. The third-order valence-electron chi connectivity index (χ3n) is 3.95. The standard InChI is InChI=1S/C19H15BrN6O3S2/c20-12-3-5-13(6-4-12)26-15(10-22-17(28)14-2-1-8-29-14)24-25-19(26)31-11-16(27)23-18-21-7-9-30-18/h1-9H,10-11H2,(H,22,28)(H,21,23,27). The molecule has 9 nitrogen and oxygen atoms in total. The van der Waals surface area contributed by atoms with Gasteiger partial charge in [0.2, 0.25) is 5.91 Å². The molecule has 0 bridgehead atoms. The van der Waals surface area contributed by atoms with Gasteiger partial charge in [0.05, 0.1) is 18.6 Å². The first-order chi connectivity index (χ1) is 15.1. The van der Waals surface area contributed by atoms with Crippen LogP contribution in [0, 0.1) is 0 Å². The number of anilines is 1. The van der Waals surface area contributed by atoms with Gasteiger partial charge in [-0.15, -0.1) is 21.5 Å². The molecule has 0 aliphatic rings. The summed E-state index contributed by atoms with van der Waals surface area (Å²) in [6.45, 7) is 0.133. The smallest absolute Gasteiger partial charge is 0.287 e. The number of hydrogen-bond acceptors (Lipinski definition) is 8. The molecule has 31 heavy (non-hydrogen) atoms. The number of thiazole rings is 1. The fourth-order valence-corrected chi connectivity index (χ4v) is 4.16. The highest BCUT2D eigenvalue weighted by Gasteiger charge is 2.18. The number of furan rings is 1. The molecule has 0 aliphatic carbocycles. The van der Waals surface area contributed by atoms with Crippen LogP contribution in [0.25, 0.3) is 5.69 Å². The predicted molar refractivity (Wildman–Crippen MR) is 120 cm³/mol. The lowest BCUT2D eigenvalue weighted by Gasteiger charge is -2.11. The van der Waals surface area contributed by atoms with Crippen molar-refractivity contribution in [3.05, 3.63) is 70.3 Å². The van der Waals surface area contributed by atoms with E-state index in [1.54, 1.807) is 28.3 Å². The van der Waals surface area contributed by atoms with Crippen LogP contribution in [0.3, 0.4) is 0 Å². The first kappa shape index (κ1) is 21.3. The maximum atomic E-state index is 12.2. The van der Waals surface area contributed by atoms with Gasteiger partial charge in [0, 0.05) is 21.7 Å². The van der Waals surface area contributed by atoms with Crippen LogP contribution >= 0.6 is 39.0 Å². The number of thioether (sulfide) groups is 1. The molecule has 0 radical (unpaired) electrons. The number of aromatic nitrogens is 4. The van der Waals surface area contributed by atoms with Gasteiger partial charge in [-0.25, -0.2) is 4.98 Å². The highest BCUT2D eigenvalue weighted by atomic mass is 79.9. The van der Waals surface area contributed by atoms with Gasteiger partial charge in [0.15, 0.2) is 21.9 Å². The van der Waals surface area contributed by atoms with E-state index in [2.05, 4.69) is 41.7 Å². The van der Waals surface area contributed by atoms with Crippen molar-refractivity contribution in [2.24, 2.45) is 0 Å². The van der Waals surface area contributed by atoms with E-state index in [9.17, 15) is 9.59 Å². The summed E-state index contributed by atoms with van der Waals surface area (Å²) in [7, 11) is 0. The van der Waals surface area contributed by atoms with Crippen molar-refractivity contribution in [1.82, 2.24) is 25.1 Å². The number of nitrogens with zero attached hydrogens (tertiary/aromatic N) is 4. The normalized spacial score (nSPS) is 10.7. The van der Waals surface area contributed by atoms with Gasteiger partial charge in [0.1, 0.15) is 0 Å². The van der Waals surface area contributed by atoms with E-state index in [1.807, 2.05) is 24.3 Å². The Morgan fingerprint density at radius 3 is 2.74 bits per heavy atom. The van der Waals surface area contributed by atoms with Crippen LogP contribution < -0.4 is 10.6 Å². The molecule has 0 aliphatic heterocycles. The molecular formula is C19H15BrN6O3S2. The quantitative estimate of drug-likeness (QED) is 0.341. The van der Waals surface area contributed by atoms with Crippen LogP contribution in [0.15, 0.2) is 68.3 Å². The Balaban J connectivity index is 1.51. The number of carbonyl (C=O) groups excluding carboxylic acids is 2. The predicted octanol–water partition coefficient (Wildman–Crippen LogP) is 3.74. The van der Waals surface area contributed by atoms with Gasteiger partial charge in [-0.2, -0.15) is 0 Å². The van der Waals surface area contributed by atoms with E-state index >= 15 is 0 Å². The third kappa shape index (κ3) is 5.40. The average Bonchev–Trinajstić information content (AvgIpc) is 3.53. The SMILES string of the molecule is O=C(CSc1nnc(CNC(=O)c2ccco2)n1-c1ccc(Br)cc1)Nc1nccs1. The van der Waals surface area contributed by atoms with Gasteiger partial charge >= 0.3 is 0 Å². The molecule has 0 fully saturated rings. The van der Waals surface area contributed by atoms with Crippen molar-refractivity contribution in [2.75, 3.05) is 11.1 Å². The first-order valence-corrected chi connectivity index (χ1v) is 11.6. The summed E-state index contributed by atoms with van der Waals surface area (Å²) >= 11 is 6.01. The van der Waals surface area contributed by atoms with Crippen molar-refractivity contribution in [1.29, 1.82) is 0 Å². The minimum absolute atomic E-state index is 0.132. The maximum Gasteiger partial charge on any atom is 0.287 e. The molecule has 0 spiro atoms. The molecule has 0 unspecified atom stereocenters. The lowest BCUT2D eigenvalue weighted by atomic mass is 10.3. The van der Waals surface area contributed by atoms with Gasteiger partial charge in [0.25, 0.3) is 5.91 Å². The van der Waals surface area contributed by atoms with E-state index in [4.69, 9.17) is 4.42 Å². The zero-order chi connectivity index (χ0) is 21.6. The molecule has 2 N–H and O–H groups in total. The third-order valence-corrected chi connectivity index (χ3v) is 6.09. The van der Waals surface area contributed by atoms with Crippen LogP contribution in [-0.2, 0) is 11.3 Å². The molecule has 1 aromatic carbocycles. The molecule has 0 saturated carbocycles. The summed E-state index contributed by atoms with van der Waals surface area (Å²) in [6, 6.07) is 10.8. The van der Waals surface area contributed by atoms with Crippen LogP contribution in [0.1, 0.15) is 16.4 Å². The number of nitrogens with one attached hydrogen (secondary N) is 2. The highest BCUT2D eigenvalue weighted by Crippen LogP contribution is 2.24. The van der Waals surface area contributed by atoms with Gasteiger partial charge < -0.3 is 15.1 Å². The Bertz CT molecular complexity index is 1160. The molecule has 3 heterocycles. The molecule has 4 rings (SSSR count). The van der Waals surface area contributed by atoms with Crippen molar-refractivity contribution in [3.8, 4) is 5.69 Å². The number of rotatable bonds is 8. The summed E-state index contributed by atoms with van der Waals surface area (Å²) in [5.41, 5.74) is 0.804. The highest BCUT2D eigenvalue weighted by molar-refractivity contribution is 9.10. The van der Waals surface area contributed by atoms with Gasteiger partial charge in [-0.3, -0.25) is 14.2 Å². The molecule has 2 amide bonds. The van der Waals surface area contributed by atoms with Crippen molar-refractivity contribution in [2.45, 2.75) is 11.7 Å². The van der Waals surface area contributed by atoms with E-state index in [1.165, 1.54) is 29.4 Å². The van der Waals surface area contributed by atoms with Crippen LogP contribution in [0.2, 0.25) is 0 Å². The van der Waals surface area contributed by atoms with Crippen LogP contribution in [0.5, 0.6) is 0 Å². The number of benzene rings is 1. The Morgan fingerprint density at radius 2 is 2.03 bits per heavy atom. The molecular weight excluding hydrogens is 504 g/mol. The fourth-order valence-electron chi connectivity index (χ4n) is 2.58. The number of carbonyl (C=O) groups is 2. The lowest BCUT2D eigenvalue weighted by Crippen LogP contribution is -2.24. The summed E-state index contributed by atoms with van der Waals surface area (Å²) in [6.07, 6.45) is 3.06. The molecule has 0 atom stereocenters.